The van der Waals surface area contributed by atoms with E-state index in [-0.39, 0.29) is 11.7 Å². The van der Waals surface area contributed by atoms with E-state index in [2.05, 4.69) is 10.3 Å². The molecule has 0 aliphatic carbocycles. The van der Waals surface area contributed by atoms with E-state index in [1.165, 1.54) is 10.4 Å². The molecular formula is C16H20N2O2S. The summed E-state index contributed by atoms with van der Waals surface area (Å²) in [5, 5.41) is 12.1. The maximum atomic E-state index is 11.7. The molecule has 1 aromatic carbocycles. The molecule has 2 aromatic rings. The number of aromatic hydroxyl groups is 1. The Morgan fingerprint density at radius 3 is 2.71 bits per heavy atom. The average molecular weight is 304 g/mol. The molecule has 4 nitrogen and oxygen atoms in total. The predicted molar refractivity (Wildman–Crippen MR) is 84.6 cm³/mol. The smallest absolute Gasteiger partial charge is 0.220 e. The van der Waals surface area contributed by atoms with Gasteiger partial charge < -0.3 is 10.4 Å². The molecule has 0 saturated heterocycles. The summed E-state index contributed by atoms with van der Waals surface area (Å²) in [6, 6.07) is 7.18. The van der Waals surface area contributed by atoms with Crippen molar-refractivity contribution in [3.8, 4) is 5.75 Å². The van der Waals surface area contributed by atoms with E-state index in [4.69, 9.17) is 0 Å². The molecule has 1 heterocycles. The monoisotopic (exact) mass is 304 g/mol. The van der Waals surface area contributed by atoms with Gasteiger partial charge in [0.2, 0.25) is 5.91 Å². The van der Waals surface area contributed by atoms with Crippen LogP contribution in [-0.2, 0) is 17.6 Å². The summed E-state index contributed by atoms with van der Waals surface area (Å²) in [6.45, 7) is 2.66. The number of aryl methyl sites for hydroxylation is 3. The maximum Gasteiger partial charge on any atom is 0.220 e. The molecule has 2 N–H and O–H groups in total. The fraction of sp³-hybridized carbons (Fsp3) is 0.375. The molecule has 0 aliphatic rings. The average Bonchev–Trinajstić information content (AvgIpc) is 2.89. The van der Waals surface area contributed by atoms with Crippen molar-refractivity contribution >= 4 is 17.2 Å². The van der Waals surface area contributed by atoms with Crippen LogP contribution in [0.25, 0.3) is 0 Å². The number of nitrogens with zero attached hydrogens (tertiary/aromatic N) is 1. The molecule has 112 valence electrons. The first-order valence-corrected chi connectivity index (χ1v) is 7.96. The number of benzene rings is 1. The van der Waals surface area contributed by atoms with Crippen molar-refractivity contribution in [1.29, 1.82) is 0 Å². The molecule has 0 atom stereocenters. The number of aromatic nitrogens is 1. The lowest BCUT2D eigenvalue weighted by Gasteiger charge is -2.05. The molecule has 0 unspecified atom stereocenters. The van der Waals surface area contributed by atoms with Crippen molar-refractivity contribution in [2.45, 2.75) is 32.6 Å². The Balaban J connectivity index is 1.61. The van der Waals surface area contributed by atoms with Gasteiger partial charge in [-0.2, -0.15) is 0 Å². The molecule has 0 fully saturated rings. The second-order valence-electron chi connectivity index (χ2n) is 4.98. The molecule has 1 amide bonds. The van der Waals surface area contributed by atoms with Gasteiger partial charge in [-0.3, -0.25) is 4.79 Å². The van der Waals surface area contributed by atoms with Gasteiger partial charge in [-0.15, -0.1) is 11.3 Å². The number of hydrogen-bond acceptors (Lipinski definition) is 4. The standard InChI is InChI=1S/C16H20N2O2S/c1-12-15(21-11-18-12)8-9-16(20)17-10-2-3-13-4-6-14(19)7-5-13/h4-7,11,19H,2-3,8-10H2,1H3,(H,17,20). The molecule has 0 aliphatic heterocycles. The van der Waals surface area contributed by atoms with Gasteiger partial charge in [-0.1, -0.05) is 12.1 Å². The van der Waals surface area contributed by atoms with Crippen LogP contribution in [0.3, 0.4) is 0 Å². The predicted octanol–water partition coefficient (Wildman–Crippen LogP) is 2.84. The zero-order valence-corrected chi connectivity index (χ0v) is 12.9. The summed E-state index contributed by atoms with van der Waals surface area (Å²) in [5.41, 5.74) is 4.02. The summed E-state index contributed by atoms with van der Waals surface area (Å²) in [7, 11) is 0. The first-order valence-electron chi connectivity index (χ1n) is 7.08. The van der Waals surface area contributed by atoms with Crippen molar-refractivity contribution < 1.29 is 9.90 Å². The lowest BCUT2D eigenvalue weighted by atomic mass is 10.1. The SMILES string of the molecule is Cc1ncsc1CCC(=O)NCCCc1ccc(O)cc1. The summed E-state index contributed by atoms with van der Waals surface area (Å²) >= 11 is 1.61. The number of rotatable bonds is 7. The fourth-order valence-corrected chi connectivity index (χ4v) is 2.85. The van der Waals surface area contributed by atoms with Gasteiger partial charge in [-0.25, -0.2) is 4.98 Å². The molecule has 1 aromatic heterocycles. The highest BCUT2D eigenvalue weighted by Crippen LogP contribution is 2.14. The van der Waals surface area contributed by atoms with Crippen LogP contribution in [0.2, 0.25) is 0 Å². The minimum absolute atomic E-state index is 0.0912. The Morgan fingerprint density at radius 1 is 1.29 bits per heavy atom. The Hall–Kier alpha value is -1.88. The van der Waals surface area contributed by atoms with Gasteiger partial charge in [-0.05, 0) is 43.9 Å². The Morgan fingerprint density at radius 2 is 2.05 bits per heavy atom. The Labute approximate surface area is 128 Å². The number of phenolic OH excluding ortho intramolecular Hbond substituents is 1. The van der Waals surface area contributed by atoms with Crippen molar-refractivity contribution in [3.05, 3.63) is 45.9 Å². The molecule has 0 bridgehead atoms. The minimum Gasteiger partial charge on any atom is -0.508 e. The first-order chi connectivity index (χ1) is 10.1. The van der Waals surface area contributed by atoms with E-state index in [9.17, 15) is 9.90 Å². The number of phenols is 1. The van der Waals surface area contributed by atoms with Crippen molar-refractivity contribution in [3.63, 3.8) is 0 Å². The highest BCUT2D eigenvalue weighted by Gasteiger charge is 2.05. The summed E-state index contributed by atoms with van der Waals surface area (Å²) in [6.07, 6.45) is 3.08. The van der Waals surface area contributed by atoms with E-state index in [0.717, 1.165) is 25.0 Å². The highest BCUT2D eigenvalue weighted by atomic mass is 32.1. The second kappa shape index (κ2) is 7.78. The summed E-state index contributed by atoms with van der Waals surface area (Å²) < 4.78 is 0. The Kier molecular flexibility index (Phi) is 5.75. The number of amides is 1. The van der Waals surface area contributed by atoms with Crippen LogP contribution in [-0.4, -0.2) is 22.5 Å². The van der Waals surface area contributed by atoms with Crippen LogP contribution in [0, 0.1) is 6.92 Å². The second-order valence-corrected chi connectivity index (χ2v) is 5.92. The van der Waals surface area contributed by atoms with Crippen LogP contribution >= 0.6 is 11.3 Å². The van der Waals surface area contributed by atoms with Gasteiger partial charge in [0.25, 0.3) is 0 Å². The van der Waals surface area contributed by atoms with Gasteiger partial charge in [0.1, 0.15) is 5.75 Å². The lowest BCUT2D eigenvalue weighted by Crippen LogP contribution is -2.24. The molecule has 5 heteroatoms. The number of carbonyl (C=O) groups is 1. The largest absolute Gasteiger partial charge is 0.508 e. The number of thiazole rings is 1. The van der Waals surface area contributed by atoms with E-state index in [1.807, 2.05) is 24.6 Å². The number of nitrogens with one attached hydrogen (secondary N) is 1. The van der Waals surface area contributed by atoms with E-state index < -0.39 is 0 Å². The summed E-state index contributed by atoms with van der Waals surface area (Å²) in [5.74, 6) is 0.374. The molecule has 0 spiro atoms. The number of hydrogen-bond donors (Lipinski definition) is 2. The Bertz CT molecular complexity index is 578. The molecule has 0 radical (unpaired) electrons. The van der Waals surface area contributed by atoms with Crippen LogP contribution in [0.1, 0.15) is 29.0 Å². The minimum atomic E-state index is 0.0912. The molecule has 2 rings (SSSR count). The van der Waals surface area contributed by atoms with Gasteiger partial charge >= 0.3 is 0 Å². The van der Waals surface area contributed by atoms with E-state index in [0.29, 0.717) is 13.0 Å². The van der Waals surface area contributed by atoms with Crippen molar-refractivity contribution in [2.24, 2.45) is 0 Å². The van der Waals surface area contributed by atoms with E-state index >= 15 is 0 Å². The van der Waals surface area contributed by atoms with Crippen molar-refractivity contribution in [1.82, 2.24) is 10.3 Å². The third kappa shape index (κ3) is 5.19. The quantitative estimate of drug-likeness (QED) is 0.773. The maximum absolute atomic E-state index is 11.7. The summed E-state index contributed by atoms with van der Waals surface area (Å²) in [4.78, 5) is 17.1. The first kappa shape index (κ1) is 15.5. The normalized spacial score (nSPS) is 10.5. The molecular weight excluding hydrogens is 284 g/mol. The fourth-order valence-electron chi connectivity index (χ4n) is 2.06. The zero-order chi connectivity index (χ0) is 15.1. The third-order valence-electron chi connectivity index (χ3n) is 3.32. The van der Waals surface area contributed by atoms with Crippen molar-refractivity contribution in [2.75, 3.05) is 6.54 Å². The van der Waals surface area contributed by atoms with Crippen LogP contribution in [0.5, 0.6) is 5.75 Å². The lowest BCUT2D eigenvalue weighted by molar-refractivity contribution is -0.121. The highest BCUT2D eigenvalue weighted by molar-refractivity contribution is 7.09. The van der Waals surface area contributed by atoms with Crippen LogP contribution < -0.4 is 5.32 Å². The molecule has 21 heavy (non-hydrogen) atoms. The third-order valence-corrected chi connectivity index (χ3v) is 4.32. The van der Waals surface area contributed by atoms with Crippen LogP contribution in [0.4, 0.5) is 0 Å². The topological polar surface area (TPSA) is 62.2 Å². The van der Waals surface area contributed by atoms with Gasteiger partial charge in [0.15, 0.2) is 0 Å². The van der Waals surface area contributed by atoms with Gasteiger partial charge in [0.05, 0.1) is 11.2 Å². The number of carbonyl (C=O) groups excluding carboxylic acids is 1. The molecule has 0 saturated carbocycles. The van der Waals surface area contributed by atoms with Crippen LogP contribution in [0.15, 0.2) is 29.8 Å². The van der Waals surface area contributed by atoms with E-state index in [1.54, 1.807) is 23.5 Å². The zero-order valence-electron chi connectivity index (χ0n) is 12.1. The van der Waals surface area contributed by atoms with Gasteiger partial charge in [0, 0.05) is 17.8 Å².